The summed E-state index contributed by atoms with van der Waals surface area (Å²) in [5.41, 5.74) is 3.63. The predicted molar refractivity (Wildman–Crippen MR) is 124 cm³/mol. The Labute approximate surface area is 184 Å². The molecule has 3 nitrogen and oxygen atoms in total. The first kappa shape index (κ1) is 23.8. The van der Waals surface area contributed by atoms with Gasteiger partial charge in [-0.05, 0) is 101 Å². The van der Waals surface area contributed by atoms with Gasteiger partial charge in [0.25, 0.3) is 0 Å². The average Bonchev–Trinajstić information content (AvgIpc) is 2.98. The highest BCUT2D eigenvalue weighted by Crippen LogP contribution is 2.58. The standard InChI is InChI=1S/C27H44O3/c1-19-10-14-23(28)17-21(19)12-11-20-7-6-16-27(4)22(13-15-25(20)27)8-5-9-24(29)18-26(2,3)30/h11-12,22-25,28-30H,1,5-10,13-18H2,2-4H3/b20-11+,21-12-/t22-,23-,24?,25?,27?/m0/s1. The van der Waals surface area contributed by atoms with Crippen LogP contribution in [0.3, 0.4) is 0 Å². The van der Waals surface area contributed by atoms with E-state index in [-0.39, 0.29) is 6.10 Å². The Kier molecular flexibility index (Phi) is 7.69. The smallest absolute Gasteiger partial charge is 0.0616 e. The van der Waals surface area contributed by atoms with E-state index in [1.165, 1.54) is 49.7 Å². The molecule has 3 rings (SSSR count). The predicted octanol–water partition coefficient (Wildman–Crippen LogP) is 5.85. The lowest BCUT2D eigenvalue weighted by molar-refractivity contribution is 0.0138. The van der Waals surface area contributed by atoms with Crippen LogP contribution in [0.4, 0.5) is 0 Å². The molecule has 0 radical (unpaired) electrons. The van der Waals surface area contributed by atoms with E-state index in [4.69, 9.17) is 0 Å². The van der Waals surface area contributed by atoms with Gasteiger partial charge in [-0.3, -0.25) is 0 Å². The van der Waals surface area contributed by atoms with E-state index in [0.717, 1.165) is 38.0 Å². The Morgan fingerprint density at radius 3 is 2.70 bits per heavy atom. The minimum absolute atomic E-state index is 0.209. The van der Waals surface area contributed by atoms with Crippen molar-refractivity contribution in [3.63, 3.8) is 0 Å². The van der Waals surface area contributed by atoms with Crippen LogP contribution < -0.4 is 0 Å². The third-order valence-electron chi connectivity index (χ3n) is 8.17. The van der Waals surface area contributed by atoms with Crippen molar-refractivity contribution in [3.8, 4) is 0 Å². The maximum absolute atomic E-state index is 10.2. The molecule has 0 bridgehead atoms. The molecule has 0 amide bonds. The number of allylic oxidation sites excluding steroid dienone is 4. The maximum atomic E-state index is 10.2. The van der Waals surface area contributed by atoms with Crippen molar-refractivity contribution < 1.29 is 15.3 Å². The molecule has 0 spiro atoms. The summed E-state index contributed by atoms with van der Waals surface area (Å²) in [6.45, 7) is 10.3. The van der Waals surface area contributed by atoms with E-state index in [1.54, 1.807) is 19.4 Å². The number of hydrogen-bond donors (Lipinski definition) is 3. The first-order chi connectivity index (χ1) is 14.1. The molecule has 30 heavy (non-hydrogen) atoms. The van der Waals surface area contributed by atoms with Crippen molar-refractivity contribution in [2.24, 2.45) is 17.3 Å². The van der Waals surface area contributed by atoms with E-state index in [2.05, 4.69) is 25.7 Å². The third-order valence-corrected chi connectivity index (χ3v) is 8.17. The Balaban J connectivity index is 1.60. The van der Waals surface area contributed by atoms with Crippen molar-refractivity contribution in [3.05, 3.63) is 35.5 Å². The number of fused-ring (bicyclic) bond motifs is 1. The quantitative estimate of drug-likeness (QED) is 0.488. The molecule has 3 fully saturated rings. The molecule has 3 aliphatic carbocycles. The fourth-order valence-electron chi connectivity index (χ4n) is 6.49. The molecular formula is C27H44O3. The summed E-state index contributed by atoms with van der Waals surface area (Å²) >= 11 is 0. The molecule has 0 heterocycles. The fraction of sp³-hybridized carbons (Fsp3) is 0.778. The molecule has 0 aromatic rings. The van der Waals surface area contributed by atoms with Gasteiger partial charge < -0.3 is 15.3 Å². The van der Waals surface area contributed by atoms with Gasteiger partial charge in [0.05, 0.1) is 17.8 Å². The second kappa shape index (κ2) is 9.71. The van der Waals surface area contributed by atoms with Gasteiger partial charge in [-0.15, -0.1) is 0 Å². The number of aliphatic hydroxyl groups is 3. The van der Waals surface area contributed by atoms with E-state index in [0.29, 0.717) is 17.8 Å². The summed E-state index contributed by atoms with van der Waals surface area (Å²) in [7, 11) is 0. The highest BCUT2D eigenvalue weighted by molar-refractivity contribution is 5.36. The SMILES string of the molecule is C=C1CC[C@H](O)C/C1=C/C=C1\CCCC2(C)C1CC[C@@H]2CCCC(O)CC(C)(C)O. The highest BCUT2D eigenvalue weighted by atomic mass is 16.3. The van der Waals surface area contributed by atoms with Gasteiger partial charge in [-0.1, -0.05) is 43.2 Å². The molecule has 0 aliphatic heterocycles. The monoisotopic (exact) mass is 416 g/mol. The van der Waals surface area contributed by atoms with E-state index in [9.17, 15) is 15.3 Å². The lowest BCUT2D eigenvalue weighted by Gasteiger charge is -2.42. The first-order valence-corrected chi connectivity index (χ1v) is 12.2. The Morgan fingerprint density at radius 1 is 1.20 bits per heavy atom. The molecular weight excluding hydrogens is 372 g/mol. The largest absolute Gasteiger partial charge is 0.393 e. The van der Waals surface area contributed by atoms with Crippen molar-refractivity contribution in [2.75, 3.05) is 0 Å². The van der Waals surface area contributed by atoms with Crippen LogP contribution in [0, 0.1) is 17.3 Å². The van der Waals surface area contributed by atoms with Gasteiger partial charge in [0, 0.05) is 6.42 Å². The number of rotatable bonds is 7. The molecule has 170 valence electrons. The lowest BCUT2D eigenvalue weighted by Crippen LogP contribution is -2.33. The third kappa shape index (κ3) is 5.87. The zero-order chi connectivity index (χ0) is 21.9. The maximum Gasteiger partial charge on any atom is 0.0616 e. The van der Waals surface area contributed by atoms with Gasteiger partial charge in [-0.2, -0.15) is 0 Å². The Morgan fingerprint density at radius 2 is 1.97 bits per heavy atom. The molecule has 0 saturated heterocycles. The summed E-state index contributed by atoms with van der Waals surface area (Å²) in [6.07, 6.45) is 16.4. The van der Waals surface area contributed by atoms with Crippen molar-refractivity contribution >= 4 is 0 Å². The van der Waals surface area contributed by atoms with Crippen LogP contribution >= 0.6 is 0 Å². The van der Waals surface area contributed by atoms with Crippen molar-refractivity contribution in [2.45, 2.75) is 116 Å². The summed E-state index contributed by atoms with van der Waals surface area (Å²) in [5.74, 6) is 1.41. The molecule has 3 unspecified atom stereocenters. The van der Waals surface area contributed by atoms with Crippen LogP contribution in [0.25, 0.3) is 0 Å². The first-order valence-electron chi connectivity index (χ1n) is 12.2. The van der Waals surface area contributed by atoms with E-state index >= 15 is 0 Å². The van der Waals surface area contributed by atoms with Crippen LogP contribution in [0.15, 0.2) is 35.5 Å². The molecule has 3 saturated carbocycles. The summed E-state index contributed by atoms with van der Waals surface area (Å²) in [6, 6.07) is 0. The van der Waals surface area contributed by atoms with Gasteiger partial charge in [0.15, 0.2) is 0 Å². The van der Waals surface area contributed by atoms with Crippen molar-refractivity contribution in [1.29, 1.82) is 0 Å². The van der Waals surface area contributed by atoms with Crippen LogP contribution in [-0.4, -0.2) is 33.1 Å². The topological polar surface area (TPSA) is 60.7 Å². The van der Waals surface area contributed by atoms with Crippen LogP contribution in [0.2, 0.25) is 0 Å². The van der Waals surface area contributed by atoms with E-state index < -0.39 is 11.7 Å². The summed E-state index contributed by atoms with van der Waals surface area (Å²) in [4.78, 5) is 0. The molecule has 0 aromatic heterocycles. The second-order valence-corrected chi connectivity index (χ2v) is 11.2. The van der Waals surface area contributed by atoms with Gasteiger partial charge >= 0.3 is 0 Å². The van der Waals surface area contributed by atoms with Gasteiger partial charge in [-0.25, -0.2) is 0 Å². The zero-order valence-corrected chi connectivity index (χ0v) is 19.5. The highest BCUT2D eigenvalue weighted by Gasteiger charge is 2.48. The minimum Gasteiger partial charge on any atom is -0.393 e. The minimum atomic E-state index is -0.791. The van der Waals surface area contributed by atoms with E-state index in [1.807, 2.05) is 0 Å². The van der Waals surface area contributed by atoms with Crippen LogP contribution in [0.5, 0.6) is 0 Å². The normalized spacial score (nSPS) is 36.3. The van der Waals surface area contributed by atoms with Crippen molar-refractivity contribution in [1.82, 2.24) is 0 Å². The molecule has 3 N–H and O–H groups in total. The molecule has 5 atom stereocenters. The number of hydrogen-bond acceptors (Lipinski definition) is 3. The molecule has 3 heteroatoms. The molecule has 3 aliphatic rings. The summed E-state index contributed by atoms with van der Waals surface area (Å²) in [5, 5.41) is 30.1. The average molecular weight is 417 g/mol. The van der Waals surface area contributed by atoms with Gasteiger partial charge in [0.2, 0.25) is 0 Å². The second-order valence-electron chi connectivity index (χ2n) is 11.2. The van der Waals surface area contributed by atoms with Crippen LogP contribution in [0.1, 0.15) is 97.8 Å². The van der Waals surface area contributed by atoms with Crippen LogP contribution in [-0.2, 0) is 0 Å². The summed E-state index contributed by atoms with van der Waals surface area (Å²) < 4.78 is 0. The lowest BCUT2D eigenvalue weighted by atomic mass is 9.62. The fourth-order valence-corrected chi connectivity index (χ4v) is 6.49. The van der Waals surface area contributed by atoms with Gasteiger partial charge in [0.1, 0.15) is 0 Å². The Bertz CT molecular complexity index is 668. The molecule has 0 aromatic carbocycles. The number of aliphatic hydroxyl groups excluding tert-OH is 2. The Hall–Kier alpha value is -0.900. The zero-order valence-electron chi connectivity index (χ0n) is 19.5.